The van der Waals surface area contributed by atoms with E-state index in [1.807, 2.05) is 12.1 Å². The van der Waals surface area contributed by atoms with Gasteiger partial charge >= 0.3 is 5.63 Å². The summed E-state index contributed by atoms with van der Waals surface area (Å²) >= 11 is 1.79. The molecule has 4 rings (SSSR count). The number of anilines is 1. The summed E-state index contributed by atoms with van der Waals surface area (Å²) in [6.07, 6.45) is 0.965. The second kappa shape index (κ2) is 9.61. The van der Waals surface area contributed by atoms with E-state index >= 15 is 0 Å². The van der Waals surface area contributed by atoms with Crippen molar-refractivity contribution in [1.82, 2.24) is 9.88 Å². The lowest BCUT2D eigenvalue weighted by molar-refractivity contribution is 0.224. The van der Waals surface area contributed by atoms with Crippen LogP contribution < -0.4 is 15.3 Å². The van der Waals surface area contributed by atoms with Gasteiger partial charge in [-0.2, -0.15) is 0 Å². The molecule has 0 atom stereocenters. The summed E-state index contributed by atoms with van der Waals surface area (Å²) < 4.78 is 11.1. The number of ether oxygens (including phenoxy) is 1. The average molecular weight is 436 g/mol. The third-order valence-corrected chi connectivity index (χ3v) is 6.28. The minimum Gasteiger partial charge on any atom is -0.493 e. The molecule has 1 fully saturated rings. The van der Waals surface area contributed by atoms with Crippen molar-refractivity contribution in [3.63, 3.8) is 0 Å². The van der Waals surface area contributed by atoms with Gasteiger partial charge in [-0.15, -0.1) is 23.7 Å². The van der Waals surface area contributed by atoms with E-state index in [1.165, 1.54) is 10.9 Å². The van der Waals surface area contributed by atoms with Crippen molar-refractivity contribution < 1.29 is 9.15 Å². The third kappa shape index (κ3) is 5.29. The van der Waals surface area contributed by atoms with Crippen LogP contribution in [0, 0.1) is 13.8 Å². The lowest BCUT2D eigenvalue weighted by Crippen LogP contribution is -2.46. The molecular weight excluding hydrogens is 410 g/mol. The molecule has 29 heavy (non-hydrogen) atoms. The summed E-state index contributed by atoms with van der Waals surface area (Å²) in [5, 5.41) is 2.05. The van der Waals surface area contributed by atoms with Gasteiger partial charge in [-0.1, -0.05) is 0 Å². The number of aromatic nitrogens is 1. The van der Waals surface area contributed by atoms with Gasteiger partial charge in [0, 0.05) is 55.1 Å². The topological polar surface area (TPSA) is 58.8 Å². The molecule has 0 N–H and O–H groups in total. The van der Waals surface area contributed by atoms with E-state index in [0.29, 0.717) is 12.2 Å². The minimum absolute atomic E-state index is 0. The first-order valence-electron chi connectivity index (χ1n) is 9.66. The van der Waals surface area contributed by atoms with Crippen molar-refractivity contribution in [3.8, 4) is 5.75 Å². The quantitative estimate of drug-likeness (QED) is 0.432. The summed E-state index contributed by atoms with van der Waals surface area (Å²) in [6.45, 7) is 10.0. The van der Waals surface area contributed by atoms with Crippen molar-refractivity contribution in [3.05, 3.63) is 51.3 Å². The number of rotatable bonds is 6. The Labute approximate surface area is 180 Å². The predicted molar refractivity (Wildman–Crippen MR) is 120 cm³/mol. The van der Waals surface area contributed by atoms with Crippen LogP contribution in [0.4, 0.5) is 5.13 Å². The molecule has 0 unspecified atom stereocenters. The number of nitrogens with zero attached hydrogens (tertiary/aromatic N) is 3. The maximum Gasteiger partial charge on any atom is 0.336 e. The number of benzene rings is 1. The van der Waals surface area contributed by atoms with Gasteiger partial charge in [0.2, 0.25) is 0 Å². The maximum atomic E-state index is 11.3. The van der Waals surface area contributed by atoms with E-state index in [0.717, 1.165) is 61.1 Å². The van der Waals surface area contributed by atoms with E-state index < -0.39 is 0 Å². The van der Waals surface area contributed by atoms with Crippen molar-refractivity contribution >= 4 is 39.8 Å². The molecule has 2 aromatic heterocycles. The smallest absolute Gasteiger partial charge is 0.336 e. The first kappa shape index (κ1) is 21.6. The SMILES string of the molecule is Cc1nc(N2CCN(CCCOc3ccc4ccc(=O)oc4c3)CC2)sc1C.Cl. The Morgan fingerprint density at radius 1 is 1.14 bits per heavy atom. The molecule has 1 saturated heterocycles. The van der Waals surface area contributed by atoms with E-state index in [9.17, 15) is 4.79 Å². The molecule has 156 valence electrons. The van der Waals surface area contributed by atoms with Crippen molar-refractivity contribution in [2.75, 3.05) is 44.2 Å². The molecule has 0 bridgehead atoms. The first-order valence-corrected chi connectivity index (χ1v) is 10.5. The number of hydrogen-bond donors (Lipinski definition) is 0. The molecule has 0 amide bonds. The van der Waals surface area contributed by atoms with Gasteiger partial charge in [-0.05, 0) is 38.5 Å². The van der Waals surface area contributed by atoms with E-state index in [2.05, 4.69) is 28.6 Å². The highest BCUT2D eigenvalue weighted by molar-refractivity contribution is 7.15. The molecule has 1 aliphatic rings. The van der Waals surface area contributed by atoms with Crippen LogP contribution in [0.15, 0.2) is 39.5 Å². The molecule has 1 aromatic carbocycles. The number of hydrogen-bond acceptors (Lipinski definition) is 7. The van der Waals surface area contributed by atoms with Crippen molar-refractivity contribution in [1.29, 1.82) is 0 Å². The van der Waals surface area contributed by atoms with E-state index in [1.54, 1.807) is 23.5 Å². The Kier molecular flexibility index (Phi) is 7.16. The monoisotopic (exact) mass is 435 g/mol. The van der Waals surface area contributed by atoms with Gasteiger partial charge in [-0.3, -0.25) is 4.90 Å². The Bertz CT molecular complexity index is 992. The largest absolute Gasteiger partial charge is 0.493 e. The van der Waals surface area contributed by atoms with Gasteiger partial charge in [0.1, 0.15) is 11.3 Å². The highest BCUT2D eigenvalue weighted by Crippen LogP contribution is 2.26. The molecule has 0 radical (unpaired) electrons. The predicted octanol–water partition coefficient (Wildman–Crippen LogP) is 3.88. The van der Waals surface area contributed by atoms with Gasteiger partial charge in [-0.25, -0.2) is 9.78 Å². The molecular formula is C21H26ClN3O3S. The summed E-state index contributed by atoms with van der Waals surface area (Å²) in [4.78, 5) is 22.2. The summed E-state index contributed by atoms with van der Waals surface area (Å²) in [5.41, 5.74) is 1.37. The van der Waals surface area contributed by atoms with Gasteiger partial charge in [0.15, 0.2) is 5.13 Å². The zero-order valence-corrected chi connectivity index (χ0v) is 18.4. The number of halogens is 1. The number of thiazole rings is 1. The molecule has 0 saturated carbocycles. The Balaban J connectivity index is 0.00000240. The Morgan fingerprint density at radius 2 is 1.90 bits per heavy atom. The summed E-state index contributed by atoms with van der Waals surface area (Å²) in [5.74, 6) is 0.737. The summed E-state index contributed by atoms with van der Waals surface area (Å²) in [7, 11) is 0. The Morgan fingerprint density at radius 3 is 2.62 bits per heavy atom. The van der Waals surface area contributed by atoms with Gasteiger partial charge in [0.25, 0.3) is 0 Å². The van der Waals surface area contributed by atoms with E-state index in [4.69, 9.17) is 9.15 Å². The zero-order valence-electron chi connectivity index (χ0n) is 16.7. The molecule has 0 spiro atoms. The van der Waals surface area contributed by atoms with Crippen LogP contribution in [0.5, 0.6) is 5.75 Å². The standard InChI is InChI=1S/C21H25N3O3S.ClH/c1-15-16(2)28-21(22-15)24-11-9-23(10-12-24)8-3-13-26-18-6-4-17-5-7-20(25)27-19(17)14-18;/h4-7,14H,3,8-13H2,1-2H3;1H. The van der Waals surface area contributed by atoms with Crippen molar-refractivity contribution in [2.24, 2.45) is 0 Å². The molecule has 6 nitrogen and oxygen atoms in total. The molecule has 3 heterocycles. The molecule has 0 aliphatic carbocycles. The molecule has 8 heteroatoms. The minimum atomic E-state index is -0.341. The number of aryl methyl sites for hydroxylation is 2. The van der Waals surface area contributed by atoms with Gasteiger partial charge in [0.05, 0.1) is 12.3 Å². The van der Waals surface area contributed by atoms with E-state index in [-0.39, 0.29) is 18.0 Å². The van der Waals surface area contributed by atoms with Crippen LogP contribution in [0.2, 0.25) is 0 Å². The maximum absolute atomic E-state index is 11.3. The van der Waals surface area contributed by atoms with Crippen LogP contribution in [-0.4, -0.2) is 49.2 Å². The molecule has 3 aromatic rings. The van der Waals surface area contributed by atoms with Crippen LogP contribution in [0.3, 0.4) is 0 Å². The highest BCUT2D eigenvalue weighted by Gasteiger charge is 2.19. The fourth-order valence-corrected chi connectivity index (χ4v) is 4.32. The van der Waals surface area contributed by atoms with Crippen LogP contribution in [-0.2, 0) is 0 Å². The zero-order chi connectivity index (χ0) is 19.5. The second-order valence-electron chi connectivity index (χ2n) is 7.12. The fourth-order valence-electron chi connectivity index (χ4n) is 3.36. The average Bonchev–Trinajstić information content (AvgIpc) is 3.04. The second-order valence-corrected chi connectivity index (χ2v) is 8.30. The lowest BCUT2D eigenvalue weighted by Gasteiger charge is -2.34. The fraction of sp³-hybridized carbons (Fsp3) is 0.429. The van der Waals surface area contributed by atoms with Gasteiger partial charge < -0.3 is 14.1 Å². The molecule has 1 aliphatic heterocycles. The van der Waals surface area contributed by atoms with Crippen LogP contribution in [0.1, 0.15) is 17.0 Å². The normalized spacial score (nSPS) is 14.8. The third-order valence-electron chi connectivity index (χ3n) is 5.14. The first-order chi connectivity index (χ1) is 13.6. The van der Waals surface area contributed by atoms with Crippen LogP contribution in [0.25, 0.3) is 11.0 Å². The lowest BCUT2D eigenvalue weighted by atomic mass is 10.2. The highest BCUT2D eigenvalue weighted by atomic mass is 35.5. The van der Waals surface area contributed by atoms with Crippen molar-refractivity contribution in [2.45, 2.75) is 20.3 Å². The Hall–Kier alpha value is -2.09. The number of piperazine rings is 1. The summed E-state index contributed by atoms with van der Waals surface area (Å²) in [6, 6.07) is 8.81. The van der Waals surface area contributed by atoms with Crippen LogP contribution >= 0.6 is 23.7 Å². The number of fused-ring (bicyclic) bond motifs is 1.